The van der Waals surface area contributed by atoms with Crippen LogP contribution in [0.25, 0.3) is 16.7 Å². The van der Waals surface area contributed by atoms with E-state index in [-0.39, 0.29) is 0 Å². The van der Waals surface area contributed by atoms with Crippen LogP contribution in [-0.2, 0) is 11.2 Å². The highest BCUT2D eigenvalue weighted by Gasteiger charge is 2.15. The Morgan fingerprint density at radius 2 is 1.95 bits per heavy atom. The maximum Gasteiger partial charge on any atom is 0.328 e. The third-order valence-electron chi connectivity index (χ3n) is 4.20. The predicted octanol–water partition coefficient (Wildman–Crippen LogP) is 3.83. The first-order valence-electron chi connectivity index (χ1n) is 7.41. The molecular weight excluding hydrogens is 274 g/mol. The Kier molecular flexibility index (Phi) is 3.72. The maximum absolute atomic E-state index is 10.8. The van der Waals surface area contributed by atoms with Gasteiger partial charge in [-0.25, -0.2) is 4.79 Å². The van der Waals surface area contributed by atoms with Gasteiger partial charge in [0.05, 0.1) is 0 Å². The number of carboxylic acid groups (broad SMARTS) is 1. The summed E-state index contributed by atoms with van der Waals surface area (Å²) in [6.45, 7) is 2.89. The number of rotatable bonds is 3. The fourth-order valence-electron chi connectivity index (χ4n) is 2.96. The monoisotopic (exact) mass is 293 g/mol. The lowest BCUT2D eigenvalue weighted by molar-refractivity contribution is -0.131. The molecule has 2 aromatic carbocycles. The van der Waals surface area contributed by atoms with Gasteiger partial charge in [-0.15, -0.1) is 0 Å². The standard InChI is InChI=1S/C19H19NO2/c1-13(10-19(21)22)14-4-3-5-15(11-14)16-6-7-18-17(12-16)8-9-20(18)2/h3-7,10-12H,8-9H2,1-2H3,(H,21,22)/b13-10+. The Balaban J connectivity index is 1.98. The first-order chi connectivity index (χ1) is 10.5. The lowest BCUT2D eigenvalue weighted by atomic mass is 9.97. The molecule has 22 heavy (non-hydrogen) atoms. The third-order valence-corrected chi connectivity index (χ3v) is 4.20. The summed E-state index contributed by atoms with van der Waals surface area (Å²) in [6.07, 6.45) is 2.33. The van der Waals surface area contributed by atoms with E-state index in [0.717, 1.165) is 29.7 Å². The van der Waals surface area contributed by atoms with Crippen LogP contribution in [0.1, 0.15) is 18.1 Å². The van der Waals surface area contributed by atoms with E-state index in [2.05, 4.69) is 42.3 Å². The van der Waals surface area contributed by atoms with Crippen molar-refractivity contribution >= 4 is 17.2 Å². The van der Waals surface area contributed by atoms with Gasteiger partial charge in [0.2, 0.25) is 0 Å². The van der Waals surface area contributed by atoms with E-state index in [4.69, 9.17) is 5.11 Å². The van der Waals surface area contributed by atoms with Crippen molar-refractivity contribution in [1.82, 2.24) is 0 Å². The summed E-state index contributed by atoms with van der Waals surface area (Å²) in [5, 5.41) is 8.88. The number of aliphatic carboxylic acids is 1. The zero-order chi connectivity index (χ0) is 15.7. The van der Waals surface area contributed by atoms with E-state index >= 15 is 0 Å². The van der Waals surface area contributed by atoms with E-state index in [1.54, 1.807) is 0 Å². The fraction of sp³-hybridized carbons (Fsp3) is 0.211. The second-order valence-electron chi connectivity index (χ2n) is 5.76. The molecule has 3 nitrogen and oxygen atoms in total. The van der Waals surface area contributed by atoms with Crippen LogP contribution in [0, 0.1) is 0 Å². The quantitative estimate of drug-likeness (QED) is 0.874. The first kappa shape index (κ1) is 14.4. The zero-order valence-corrected chi connectivity index (χ0v) is 12.8. The molecule has 0 unspecified atom stereocenters. The van der Waals surface area contributed by atoms with E-state index in [1.807, 2.05) is 19.1 Å². The molecule has 1 aliphatic heterocycles. The summed E-state index contributed by atoms with van der Waals surface area (Å²) in [7, 11) is 2.12. The molecule has 112 valence electrons. The minimum absolute atomic E-state index is 0.759. The van der Waals surface area contributed by atoms with E-state index in [0.29, 0.717) is 0 Å². The zero-order valence-electron chi connectivity index (χ0n) is 12.8. The Hall–Kier alpha value is -2.55. The van der Waals surface area contributed by atoms with Crippen molar-refractivity contribution in [3.05, 3.63) is 59.7 Å². The molecule has 0 saturated heterocycles. The van der Waals surface area contributed by atoms with Gasteiger partial charge in [0.1, 0.15) is 0 Å². The van der Waals surface area contributed by atoms with Gasteiger partial charge in [0.15, 0.2) is 0 Å². The van der Waals surface area contributed by atoms with Crippen LogP contribution in [0.3, 0.4) is 0 Å². The number of likely N-dealkylation sites (N-methyl/N-ethyl adjacent to an activating group) is 1. The summed E-state index contributed by atoms with van der Waals surface area (Å²) in [6, 6.07) is 14.6. The SMILES string of the molecule is C/C(=C\C(=O)O)c1cccc(-c2ccc3c(c2)CCN3C)c1. The lowest BCUT2D eigenvalue weighted by Gasteiger charge is -2.12. The molecule has 1 aliphatic rings. The molecular formula is C19H19NO2. The average molecular weight is 293 g/mol. The molecule has 0 fully saturated rings. The molecule has 1 N–H and O–H groups in total. The minimum atomic E-state index is -0.913. The number of hydrogen-bond donors (Lipinski definition) is 1. The van der Waals surface area contributed by atoms with Crippen molar-refractivity contribution < 1.29 is 9.90 Å². The Labute approximate surface area is 130 Å². The summed E-state index contributed by atoms with van der Waals surface area (Å²) in [5.74, 6) is -0.913. The molecule has 0 aliphatic carbocycles. The average Bonchev–Trinajstić information content (AvgIpc) is 2.87. The molecule has 0 bridgehead atoms. The van der Waals surface area contributed by atoms with Crippen LogP contribution in [0.2, 0.25) is 0 Å². The highest BCUT2D eigenvalue weighted by Crippen LogP contribution is 2.32. The highest BCUT2D eigenvalue weighted by atomic mass is 16.4. The van der Waals surface area contributed by atoms with Crippen LogP contribution >= 0.6 is 0 Å². The summed E-state index contributed by atoms with van der Waals surface area (Å²) in [5.41, 5.74) is 6.69. The van der Waals surface area contributed by atoms with Crippen molar-refractivity contribution in [3.8, 4) is 11.1 Å². The number of hydrogen-bond acceptors (Lipinski definition) is 2. The van der Waals surface area contributed by atoms with E-state index in [1.165, 1.54) is 22.9 Å². The minimum Gasteiger partial charge on any atom is -0.478 e. The molecule has 0 spiro atoms. The molecule has 2 aromatic rings. The molecule has 0 radical (unpaired) electrons. The number of allylic oxidation sites excluding steroid dienone is 1. The predicted molar refractivity (Wildman–Crippen MR) is 90.1 cm³/mol. The number of carboxylic acids is 1. The topological polar surface area (TPSA) is 40.5 Å². The Bertz CT molecular complexity index is 762. The molecule has 3 rings (SSSR count). The van der Waals surface area contributed by atoms with Gasteiger partial charge in [-0.2, -0.15) is 0 Å². The van der Waals surface area contributed by atoms with Crippen LogP contribution in [-0.4, -0.2) is 24.7 Å². The van der Waals surface area contributed by atoms with Gasteiger partial charge in [-0.1, -0.05) is 24.3 Å². The van der Waals surface area contributed by atoms with Crippen molar-refractivity contribution in [2.45, 2.75) is 13.3 Å². The fourth-order valence-corrected chi connectivity index (χ4v) is 2.96. The van der Waals surface area contributed by atoms with Crippen LogP contribution in [0.15, 0.2) is 48.5 Å². The van der Waals surface area contributed by atoms with Crippen molar-refractivity contribution in [2.75, 3.05) is 18.5 Å². The number of anilines is 1. The van der Waals surface area contributed by atoms with Crippen LogP contribution < -0.4 is 4.90 Å². The van der Waals surface area contributed by atoms with Crippen molar-refractivity contribution in [3.63, 3.8) is 0 Å². The smallest absolute Gasteiger partial charge is 0.328 e. The number of carbonyl (C=O) groups is 1. The number of nitrogens with zero attached hydrogens (tertiary/aromatic N) is 1. The third kappa shape index (κ3) is 2.75. The second kappa shape index (κ2) is 5.68. The summed E-state index contributed by atoms with van der Waals surface area (Å²) >= 11 is 0. The maximum atomic E-state index is 10.8. The van der Waals surface area contributed by atoms with Gasteiger partial charge in [-0.05, 0) is 59.4 Å². The van der Waals surface area contributed by atoms with E-state index in [9.17, 15) is 4.79 Å². The normalized spacial score (nSPS) is 14.1. The van der Waals surface area contributed by atoms with Gasteiger partial charge >= 0.3 is 5.97 Å². The molecule has 0 aromatic heterocycles. The van der Waals surface area contributed by atoms with Crippen LogP contribution in [0.4, 0.5) is 5.69 Å². The van der Waals surface area contributed by atoms with Gasteiger partial charge < -0.3 is 10.0 Å². The number of benzene rings is 2. The molecule has 0 amide bonds. The summed E-state index contributed by atoms with van der Waals surface area (Å²) in [4.78, 5) is 13.1. The van der Waals surface area contributed by atoms with Crippen molar-refractivity contribution in [1.29, 1.82) is 0 Å². The van der Waals surface area contributed by atoms with Crippen molar-refractivity contribution in [2.24, 2.45) is 0 Å². The number of fused-ring (bicyclic) bond motifs is 1. The van der Waals surface area contributed by atoms with Crippen LogP contribution in [0.5, 0.6) is 0 Å². The van der Waals surface area contributed by atoms with E-state index < -0.39 is 5.97 Å². The van der Waals surface area contributed by atoms with Gasteiger partial charge in [-0.3, -0.25) is 0 Å². The summed E-state index contributed by atoms with van der Waals surface area (Å²) < 4.78 is 0. The van der Waals surface area contributed by atoms with Gasteiger partial charge in [0.25, 0.3) is 0 Å². The Morgan fingerprint density at radius 3 is 2.73 bits per heavy atom. The first-order valence-corrected chi connectivity index (χ1v) is 7.41. The van der Waals surface area contributed by atoms with Gasteiger partial charge in [0, 0.05) is 25.4 Å². The second-order valence-corrected chi connectivity index (χ2v) is 5.76. The Morgan fingerprint density at radius 1 is 1.18 bits per heavy atom. The molecule has 0 saturated carbocycles. The molecule has 1 heterocycles. The molecule has 3 heteroatoms. The largest absolute Gasteiger partial charge is 0.478 e. The molecule has 0 atom stereocenters. The highest BCUT2D eigenvalue weighted by molar-refractivity contribution is 5.90. The lowest BCUT2D eigenvalue weighted by Crippen LogP contribution is -2.12.